The van der Waals surface area contributed by atoms with E-state index in [2.05, 4.69) is 13.8 Å². The van der Waals surface area contributed by atoms with Crippen molar-refractivity contribution < 1.29 is 19.0 Å². The first-order valence-electron chi connectivity index (χ1n) is 11.2. The summed E-state index contributed by atoms with van der Waals surface area (Å²) in [4.78, 5) is 0. The summed E-state index contributed by atoms with van der Waals surface area (Å²) in [6.45, 7) is 4.50. The second-order valence-corrected chi connectivity index (χ2v) is 10.5. The highest BCUT2D eigenvalue weighted by molar-refractivity contribution is 5.10. The smallest absolute Gasteiger partial charge is 0.167 e. The minimum Gasteiger partial charge on any atom is -0.393 e. The maximum atomic E-state index is 13.6. The lowest BCUT2D eigenvalue weighted by molar-refractivity contribution is -0.253. The SMILES string of the molecule is COC1(OC)CCC2C(C[C@@H](C)C3C2[C@@H](CCF)C[C@@]2(C)C3CC[C@@H]2O)C1. The Morgan fingerprint density at radius 3 is 2.48 bits per heavy atom. The Balaban J connectivity index is 1.66. The summed E-state index contributed by atoms with van der Waals surface area (Å²) >= 11 is 0. The Morgan fingerprint density at radius 1 is 1.07 bits per heavy atom. The van der Waals surface area contributed by atoms with Crippen LogP contribution < -0.4 is 0 Å². The van der Waals surface area contributed by atoms with Crippen molar-refractivity contribution >= 4 is 0 Å². The predicted octanol–water partition coefficient (Wildman–Crippen LogP) is 4.82. The Morgan fingerprint density at radius 2 is 1.81 bits per heavy atom. The quantitative estimate of drug-likeness (QED) is 0.709. The van der Waals surface area contributed by atoms with Crippen molar-refractivity contribution in [2.45, 2.75) is 77.1 Å². The van der Waals surface area contributed by atoms with Gasteiger partial charge in [0, 0.05) is 27.1 Å². The topological polar surface area (TPSA) is 38.7 Å². The van der Waals surface area contributed by atoms with Crippen molar-refractivity contribution in [1.29, 1.82) is 0 Å². The highest BCUT2D eigenvalue weighted by Gasteiger charge is 2.62. The molecular weight excluding hydrogens is 343 g/mol. The van der Waals surface area contributed by atoms with Crippen LogP contribution in [0.5, 0.6) is 0 Å². The van der Waals surface area contributed by atoms with Crippen LogP contribution in [-0.4, -0.2) is 37.9 Å². The van der Waals surface area contributed by atoms with Crippen molar-refractivity contribution in [3.05, 3.63) is 0 Å². The third kappa shape index (κ3) is 3.00. The zero-order valence-electron chi connectivity index (χ0n) is 17.6. The highest BCUT2D eigenvalue weighted by Crippen LogP contribution is 2.66. The molecular formula is C23H39FO3. The lowest BCUT2D eigenvalue weighted by Gasteiger charge is -2.61. The van der Waals surface area contributed by atoms with E-state index in [4.69, 9.17) is 9.47 Å². The second kappa shape index (κ2) is 7.25. The molecule has 3 nitrogen and oxygen atoms in total. The Labute approximate surface area is 164 Å². The van der Waals surface area contributed by atoms with E-state index in [-0.39, 0.29) is 18.2 Å². The lowest BCUT2D eigenvalue weighted by Crippen LogP contribution is -2.57. The molecule has 4 rings (SSSR count). The molecule has 0 aromatic rings. The average Bonchev–Trinajstić information content (AvgIpc) is 2.95. The van der Waals surface area contributed by atoms with E-state index in [0.717, 1.165) is 38.5 Å². The average molecular weight is 383 g/mol. The van der Waals surface area contributed by atoms with Gasteiger partial charge in [-0.3, -0.25) is 4.39 Å². The summed E-state index contributed by atoms with van der Waals surface area (Å²) in [5, 5.41) is 10.8. The summed E-state index contributed by atoms with van der Waals surface area (Å²) < 4.78 is 25.2. The van der Waals surface area contributed by atoms with E-state index in [9.17, 15) is 9.50 Å². The first-order chi connectivity index (χ1) is 12.9. The maximum absolute atomic E-state index is 13.6. The Bertz CT molecular complexity index is 536. The Kier molecular flexibility index (Phi) is 5.40. The number of methoxy groups -OCH3 is 2. The largest absolute Gasteiger partial charge is 0.393 e. The molecule has 9 atom stereocenters. The van der Waals surface area contributed by atoms with Crippen LogP contribution in [0.4, 0.5) is 4.39 Å². The zero-order chi connectivity index (χ0) is 19.4. The molecule has 0 aromatic heterocycles. The lowest BCUT2D eigenvalue weighted by atomic mass is 9.44. The van der Waals surface area contributed by atoms with Crippen molar-refractivity contribution in [3.8, 4) is 0 Å². The Hall–Kier alpha value is -0.190. The number of fused-ring (bicyclic) bond motifs is 5. The van der Waals surface area contributed by atoms with Crippen LogP contribution in [0.3, 0.4) is 0 Å². The summed E-state index contributed by atoms with van der Waals surface area (Å²) in [6.07, 6.45) is 7.87. The van der Waals surface area contributed by atoms with E-state index in [0.29, 0.717) is 47.8 Å². The molecule has 0 aromatic carbocycles. The van der Waals surface area contributed by atoms with Gasteiger partial charge in [0.05, 0.1) is 12.8 Å². The molecule has 0 amide bonds. The van der Waals surface area contributed by atoms with E-state index < -0.39 is 5.79 Å². The maximum Gasteiger partial charge on any atom is 0.167 e. The minimum atomic E-state index is -0.421. The predicted molar refractivity (Wildman–Crippen MR) is 104 cm³/mol. The number of hydrogen-bond acceptors (Lipinski definition) is 3. The van der Waals surface area contributed by atoms with Crippen LogP contribution in [0.2, 0.25) is 0 Å². The fraction of sp³-hybridized carbons (Fsp3) is 1.00. The molecule has 156 valence electrons. The van der Waals surface area contributed by atoms with Crippen molar-refractivity contribution in [3.63, 3.8) is 0 Å². The van der Waals surface area contributed by atoms with Gasteiger partial charge in [0.1, 0.15) is 0 Å². The third-order valence-corrected chi connectivity index (χ3v) is 9.60. The zero-order valence-corrected chi connectivity index (χ0v) is 17.6. The van der Waals surface area contributed by atoms with E-state index in [1.165, 1.54) is 6.42 Å². The first-order valence-corrected chi connectivity index (χ1v) is 11.2. The van der Waals surface area contributed by atoms with Crippen LogP contribution >= 0.6 is 0 Å². The summed E-state index contributed by atoms with van der Waals surface area (Å²) in [5.41, 5.74) is -0.000412. The first kappa shape index (κ1) is 20.1. The van der Waals surface area contributed by atoms with Gasteiger partial charge in [0.25, 0.3) is 0 Å². The number of halogens is 1. The van der Waals surface area contributed by atoms with E-state index in [1.807, 2.05) is 0 Å². The van der Waals surface area contributed by atoms with Gasteiger partial charge < -0.3 is 14.6 Å². The molecule has 4 saturated carbocycles. The fourth-order valence-electron chi connectivity index (χ4n) is 8.42. The van der Waals surface area contributed by atoms with Gasteiger partial charge in [-0.1, -0.05) is 13.8 Å². The summed E-state index contributed by atoms with van der Waals surface area (Å²) in [5.74, 6) is 3.80. The normalized spacial score (nSPS) is 51.3. The van der Waals surface area contributed by atoms with E-state index >= 15 is 0 Å². The molecule has 4 aliphatic carbocycles. The molecule has 0 saturated heterocycles. The number of alkyl halides is 1. The van der Waals surface area contributed by atoms with Gasteiger partial charge in [-0.05, 0) is 85.4 Å². The van der Waals surface area contributed by atoms with Crippen LogP contribution in [0.25, 0.3) is 0 Å². The van der Waals surface area contributed by atoms with Crippen molar-refractivity contribution in [2.24, 2.45) is 46.8 Å². The van der Waals surface area contributed by atoms with Crippen LogP contribution in [-0.2, 0) is 9.47 Å². The highest BCUT2D eigenvalue weighted by atomic mass is 19.1. The molecule has 0 aliphatic heterocycles. The molecule has 0 radical (unpaired) electrons. The number of aliphatic hydroxyl groups is 1. The summed E-state index contributed by atoms with van der Waals surface area (Å²) in [6, 6.07) is 0. The van der Waals surface area contributed by atoms with Gasteiger partial charge in [0.2, 0.25) is 0 Å². The summed E-state index contributed by atoms with van der Waals surface area (Å²) in [7, 11) is 3.55. The molecule has 4 fully saturated rings. The molecule has 0 bridgehead atoms. The van der Waals surface area contributed by atoms with Crippen LogP contribution in [0.15, 0.2) is 0 Å². The molecule has 27 heavy (non-hydrogen) atoms. The van der Waals surface area contributed by atoms with Gasteiger partial charge in [-0.15, -0.1) is 0 Å². The fourth-order valence-corrected chi connectivity index (χ4v) is 8.42. The van der Waals surface area contributed by atoms with Gasteiger partial charge in [-0.25, -0.2) is 0 Å². The second-order valence-electron chi connectivity index (χ2n) is 10.5. The van der Waals surface area contributed by atoms with Crippen molar-refractivity contribution in [2.75, 3.05) is 20.9 Å². The monoisotopic (exact) mass is 382 g/mol. The van der Waals surface area contributed by atoms with Gasteiger partial charge in [-0.2, -0.15) is 0 Å². The van der Waals surface area contributed by atoms with Gasteiger partial charge >= 0.3 is 0 Å². The number of hydrogen-bond donors (Lipinski definition) is 1. The standard InChI is InChI=1S/C23H39FO3/c1-14-11-16-13-23(26-3,27-4)9-7-17(16)21-15(8-10-24)12-22(2)18(20(14)21)5-6-19(22)25/h14-21,25H,5-13H2,1-4H3/t14-,15+,16?,17?,18?,19+,20?,21?,22+/m1/s1. The molecule has 4 heteroatoms. The number of ether oxygens (including phenoxy) is 2. The van der Waals surface area contributed by atoms with E-state index in [1.54, 1.807) is 14.2 Å². The van der Waals surface area contributed by atoms with Crippen LogP contribution in [0, 0.1) is 46.8 Å². The van der Waals surface area contributed by atoms with Crippen LogP contribution in [0.1, 0.15) is 65.2 Å². The molecule has 1 N–H and O–H groups in total. The van der Waals surface area contributed by atoms with Crippen molar-refractivity contribution in [1.82, 2.24) is 0 Å². The molecule has 0 spiro atoms. The third-order valence-electron chi connectivity index (χ3n) is 9.60. The molecule has 5 unspecified atom stereocenters. The number of aliphatic hydroxyl groups excluding tert-OH is 1. The molecule has 0 heterocycles. The van der Waals surface area contributed by atoms with Gasteiger partial charge in [0.15, 0.2) is 5.79 Å². The molecule has 4 aliphatic rings. The minimum absolute atomic E-state index is 0.000412. The number of rotatable bonds is 4.